The highest BCUT2D eigenvalue weighted by atomic mass is 16.5. The fourth-order valence-corrected chi connectivity index (χ4v) is 0.463. The maximum Gasteiger partial charge on any atom is 0.0513 e. The third kappa shape index (κ3) is 3.03. The van der Waals surface area contributed by atoms with Crippen LogP contribution in [0, 0.1) is 12.3 Å². The van der Waals surface area contributed by atoms with Crippen LogP contribution in [-0.4, -0.2) is 13.7 Å². The van der Waals surface area contributed by atoms with Gasteiger partial charge in [-0.1, -0.05) is 20.8 Å². The smallest absolute Gasteiger partial charge is 0.0513 e. The Labute approximate surface area is 52.0 Å². The summed E-state index contributed by atoms with van der Waals surface area (Å²) in [6.45, 7) is 8.88. The van der Waals surface area contributed by atoms with Crippen LogP contribution in [0.3, 0.4) is 0 Å². The molecule has 0 spiro atoms. The molecule has 0 aliphatic heterocycles. The Morgan fingerprint density at radius 3 is 2.12 bits per heavy atom. The minimum Gasteiger partial charge on any atom is -0.384 e. The van der Waals surface area contributed by atoms with Gasteiger partial charge in [0.25, 0.3) is 0 Å². The normalized spacial score (nSPS) is 12.0. The van der Waals surface area contributed by atoms with Crippen molar-refractivity contribution in [1.82, 2.24) is 0 Å². The Morgan fingerprint density at radius 1 is 1.50 bits per heavy atom. The lowest BCUT2D eigenvalue weighted by molar-refractivity contribution is 0.106. The van der Waals surface area contributed by atoms with Crippen LogP contribution in [0.5, 0.6) is 0 Å². The van der Waals surface area contributed by atoms with E-state index < -0.39 is 0 Å². The first-order valence-corrected chi connectivity index (χ1v) is 2.90. The summed E-state index contributed by atoms with van der Waals surface area (Å²) in [7, 11) is 1.72. The zero-order chi connectivity index (χ0) is 6.62. The van der Waals surface area contributed by atoms with Gasteiger partial charge in [-0.05, 0) is 11.8 Å². The molecule has 0 aromatic heterocycles. The van der Waals surface area contributed by atoms with Gasteiger partial charge in [-0.15, -0.1) is 0 Å². The zero-order valence-corrected chi connectivity index (χ0v) is 6.03. The monoisotopic (exact) mass is 115 g/mol. The quantitative estimate of drug-likeness (QED) is 0.545. The molecule has 0 aromatic rings. The predicted octanol–water partition coefficient (Wildman–Crippen LogP) is 1.88. The topological polar surface area (TPSA) is 9.23 Å². The minimum absolute atomic E-state index is 0.259. The van der Waals surface area contributed by atoms with Crippen molar-refractivity contribution in [2.75, 3.05) is 13.7 Å². The summed E-state index contributed by atoms with van der Waals surface area (Å²) in [5.41, 5.74) is 0.259. The van der Waals surface area contributed by atoms with Gasteiger partial charge in [0.2, 0.25) is 0 Å². The molecule has 49 valence electrons. The lowest BCUT2D eigenvalue weighted by Gasteiger charge is -2.20. The molecule has 0 atom stereocenters. The van der Waals surface area contributed by atoms with Gasteiger partial charge in [-0.25, -0.2) is 0 Å². The van der Waals surface area contributed by atoms with Crippen molar-refractivity contribution in [2.24, 2.45) is 5.41 Å². The molecule has 0 aliphatic rings. The first-order valence-electron chi connectivity index (χ1n) is 2.90. The van der Waals surface area contributed by atoms with Crippen LogP contribution < -0.4 is 0 Å². The number of hydrogen-bond donors (Lipinski definition) is 0. The molecule has 1 heteroatoms. The van der Waals surface area contributed by atoms with Crippen molar-refractivity contribution < 1.29 is 4.74 Å². The molecule has 0 aromatic carbocycles. The van der Waals surface area contributed by atoms with Gasteiger partial charge in [-0.3, -0.25) is 0 Å². The molecule has 0 aliphatic carbocycles. The van der Waals surface area contributed by atoms with Gasteiger partial charge in [0.15, 0.2) is 0 Å². The van der Waals surface area contributed by atoms with Crippen molar-refractivity contribution in [3.63, 3.8) is 0 Å². The van der Waals surface area contributed by atoms with Crippen molar-refractivity contribution in [3.05, 3.63) is 6.92 Å². The number of ether oxygens (including phenoxy) is 1. The SMILES string of the molecule is [CH2]CC(C)(C)COC. The fourth-order valence-electron chi connectivity index (χ4n) is 0.463. The molecular weight excluding hydrogens is 100 g/mol. The van der Waals surface area contributed by atoms with Crippen molar-refractivity contribution >= 4 is 0 Å². The van der Waals surface area contributed by atoms with E-state index >= 15 is 0 Å². The van der Waals surface area contributed by atoms with Crippen LogP contribution >= 0.6 is 0 Å². The molecule has 0 saturated heterocycles. The first-order chi connectivity index (χ1) is 3.62. The van der Waals surface area contributed by atoms with Gasteiger partial charge in [0, 0.05) is 7.11 Å². The first kappa shape index (κ1) is 7.96. The zero-order valence-electron chi connectivity index (χ0n) is 6.03. The van der Waals surface area contributed by atoms with Crippen molar-refractivity contribution in [1.29, 1.82) is 0 Å². The largest absolute Gasteiger partial charge is 0.384 e. The maximum atomic E-state index is 4.96. The van der Waals surface area contributed by atoms with E-state index in [-0.39, 0.29) is 5.41 Å². The van der Waals surface area contributed by atoms with E-state index in [4.69, 9.17) is 4.74 Å². The molecule has 0 fully saturated rings. The molecule has 0 rings (SSSR count). The van der Waals surface area contributed by atoms with E-state index in [1.165, 1.54) is 0 Å². The summed E-state index contributed by atoms with van der Waals surface area (Å²) in [5.74, 6) is 0. The van der Waals surface area contributed by atoms with Gasteiger partial charge in [0.05, 0.1) is 6.61 Å². The Morgan fingerprint density at radius 2 is 2.00 bits per heavy atom. The minimum atomic E-state index is 0.259. The average Bonchev–Trinajstić information content (AvgIpc) is 1.67. The van der Waals surface area contributed by atoms with Crippen LogP contribution in [0.1, 0.15) is 20.3 Å². The second-order valence-electron chi connectivity index (χ2n) is 2.85. The van der Waals surface area contributed by atoms with Gasteiger partial charge >= 0.3 is 0 Å². The Bertz CT molecular complexity index is 57.4. The van der Waals surface area contributed by atoms with Crippen molar-refractivity contribution in [3.8, 4) is 0 Å². The average molecular weight is 115 g/mol. The molecule has 0 N–H and O–H groups in total. The molecule has 0 amide bonds. The summed E-state index contributed by atoms with van der Waals surface area (Å²) >= 11 is 0. The Balaban J connectivity index is 3.37. The molecular formula is C7H15O. The highest BCUT2D eigenvalue weighted by Crippen LogP contribution is 2.18. The Kier molecular flexibility index (Phi) is 3.06. The van der Waals surface area contributed by atoms with Gasteiger partial charge < -0.3 is 4.74 Å². The lowest BCUT2D eigenvalue weighted by Crippen LogP contribution is -2.16. The van der Waals surface area contributed by atoms with Crippen LogP contribution in [0.25, 0.3) is 0 Å². The molecule has 1 nitrogen and oxygen atoms in total. The number of rotatable bonds is 3. The predicted molar refractivity (Wildman–Crippen MR) is 35.6 cm³/mol. The van der Waals surface area contributed by atoms with E-state index in [0.717, 1.165) is 13.0 Å². The van der Waals surface area contributed by atoms with E-state index in [9.17, 15) is 0 Å². The van der Waals surface area contributed by atoms with Crippen LogP contribution in [0.15, 0.2) is 0 Å². The second kappa shape index (κ2) is 3.08. The van der Waals surface area contributed by atoms with E-state index in [1.54, 1.807) is 7.11 Å². The third-order valence-corrected chi connectivity index (χ3v) is 1.21. The van der Waals surface area contributed by atoms with Gasteiger partial charge in [0.1, 0.15) is 0 Å². The summed E-state index contributed by atoms with van der Waals surface area (Å²) in [5, 5.41) is 0. The fraction of sp³-hybridized carbons (Fsp3) is 0.857. The third-order valence-electron chi connectivity index (χ3n) is 1.21. The number of methoxy groups -OCH3 is 1. The summed E-state index contributed by atoms with van der Waals surface area (Å²) in [6.07, 6.45) is 0.931. The molecule has 8 heavy (non-hydrogen) atoms. The molecule has 0 heterocycles. The summed E-state index contributed by atoms with van der Waals surface area (Å²) < 4.78 is 4.96. The lowest BCUT2D eigenvalue weighted by atomic mass is 9.92. The van der Waals surface area contributed by atoms with Crippen LogP contribution in [0.4, 0.5) is 0 Å². The maximum absolute atomic E-state index is 4.96. The second-order valence-corrected chi connectivity index (χ2v) is 2.85. The van der Waals surface area contributed by atoms with E-state index in [1.807, 2.05) is 0 Å². The summed E-state index contributed by atoms with van der Waals surface area (Å²) in [6, 6.07) is 0. The highest BCUT2D eigenvalue weighted by molar-refractivity contribution is 4.67. The van der Waals surface area contributed by atoms with E-state index in [0.29, 0.717) is 0 Å². The Hall–Kier alpha value is -0.0400. The molecule has 0 bridgehead atoms. The molecule has 0 saturated carbocycles. The number of hydrogen-bond acceptors (Lipinski definition) is 1. The standard InChI is InChI=1S/C7H15O/c1-5-7(2,3)6-8-4/h1,5-6H2,2-4H3. The highest BCUT2D eigenvalue weighted by Gasteiger charge is 2.13. The van der Waals surface area contributed by atoms with Gasteiger partial charge in [-0.2, -0.15) is 0 Å². The molecule has 1 radical (unpaired) electrons. The van der Waals surface area contributed by atoms with E-state index in [2.05, 4.69) is 20.8 Å². The van der Waals surface area contributed by atoms with Crippen LogP contribution in [0.2, 0.25) is 0 Å². The van der Waals surface area contributed by atoms with Crippen molar-refractivity contribution in [2.45, 2.75) is 20.3 Å². The van der Waals surface area contributed by atoms with Crippen LogP contribution in [-0.2, 0) is 4.74 Å². The molecule has 0 unspecified atom stereocenters. The summed E-state index contributed by atoms with van der Waals surface area (Å²) in [4.78, 5) is 0.